The van der Waals surface area contributed by atoms with E-state index in [9.17, 15) is 0 Å². The number of aryl methyl sites for hydroxylation is 1. The van der Waals surface area contributed by atoms with Crippen LogP contribution >= 0.6 is 35.3 Å². The van der Waals surface area contributed by atoms with Crippen molar-refractivity contribution in [2.45, 2.75) is 32.7 Å². The van der Waals surface area contributed by atoms with E-state index in [0.29, 0.717) is 11.9 Å². The Balaban J connectivity index is 0.00000341. The number of thiazole rings is 1. The van der Waals surface area contributed by atoms with Crippen LogP contribution in [0.5, 0.6) is 11.5 Å². The van der Waals surface area contributed by atoms with Crippen molar-refractivity contribution in [1.29, 1.82) is 0 Å². The molecule has 0 spiro atoms. The minimum atomic E-state index is 0. The van der Waals surface area contributed by atoms with E-state index in [1.54, 1.807) is 25.6 Å². The molecule has 0 saturated carbocycles. The minimum Gasteiger partial charge on any atom is -0.493 e. The van der Waals surface area contributed by atoms with E-state index in [0.717, 1.165) is 74.1 Å². The molecule has 0 aliphatic carbocycles. The predicted octanol–water partition coefficient (Wildman–Crippen LogP) is 3.45. The molecule has 2 heterocycles. The molecule has 172 valence electrons. The summed E-state index contributed by atoms with van der Waals surface area (Å²) in [6.07, 6.45) is 3.15. The number of rotatable bonds is 9. The lowest BCUT2D eigenvalue weighted by atomic mass is 9.97. The first-order valence-electron chi connectivity index (χ1n) is 10.5. The number of aliphatic imine (C=N–C) groups is 1. The highest BCUT2D eigenvalue weighted by Crippen LogP contribution is 2.27. The van der Waals surface area contributed by atoms with Crippen molar-refractivity contribution in [1.82, 2.24) is 15.2 Å². The predicted molar refractivity (Wildman–Crippen MR) is 138 cm³/mol. The smallest absolute Gasteiger partial charge is 0.188 e. The number of aromatic nitrogens is 1. The molecule has 31 heavy (non-hydrogen) atoms. The van der Waals surface area contributed by atoms with Crippen LogP contribution in [0.3, 0.4) is 0 Å². The van der Waals surface area contributed by atoms with E-state index in [2.05, 4.69) is 32.5 Å². The third-order valence-corrected chi connectivity index (χ3v) is 6.27. The second-order valence-electron chi connectivity index (χ2n) is 7.67. The molecular formula is C22H34IN5O2S. The lowest BCUT2D eigenvalue weighted by Gasteiger charge is -2.30. The maximum atomic E-state index is 6.07. The Hall–Kier alpha value is -1.59. The average molecular weight is 560 g/mol. The van der Waals surface area contributed by atoms with Gasteiger partial charge >= 0.3 is 0 Å². The van der Waals surface area contributed by atoms with Crippen molar-refractivity contribution in [2.24, 2.45) is 16.6 Å². The van der Waals surface area contributed by atoms with Crippen molar-refractivity contribution in [3.63, 3.8) is 0 Å². The van der Waals surface area contributed by atoms with Crippen molar-refractivity contribution in [3.8, 4) is 11.5 Å². The Bertz CT molecular complexity index is 837. The van der Waals surface area contributed by atoms with Gasteiger partial charge in [0.2, 0.25) is 0 Å². The molecule has 1 aromatic carbocycles. The Morgan fingerprint density at radius 1 is 1.26 bits per heavy atom. The zero-order valence-corrected chi connectivity index (χ0v) is 21.7. The van der Waals surface area contributed by atoms with Gasteiger partial charge in [-0.2, -0.15) is 0 Å². The first-order valence-corrected chi connectivity index (χ1v) is 11.3. The van der Waals surface area contributed by atoms with Gasteiger partial charge in [-0.15, -0.1) is 35.3 Å². The number of hydrogen-bond donors (Lipinski definition) is 2. The molecule has 3 rings (SSSR count). The van der Waals surface area contributed by atoms with Crippen molar-refractivity contribution in [2.75, 3.05) is 40.4 Å². The topological polar surface area (TPSA) is 85.0 Å². The summed E-state index contributed by atoms with van der Waals surface area (Å²) in [6, 6.07) is 5.96. The van der Waals surface area contributed by atoms with Crippen molar-refractivity contribution < 1.29 is 9.47 Å². The molecule has 7 nitrogen and oxygen atoms in total. The highest BCUT2D eigenvalue weighted by atomic mass is 127. The van der Waals surface area contributed by atoms with E-state index in [1.807, 2.05) is 18.2 Å². The van der Waals surface area contributed by atoms with Gasteiger partial charge in [0.1, 0.15) is 0 Å². The van der Waals surface area contributed by atoms with Gasteiger partial charge in [0, 0.05) is 25.0 Å². The quantitative estimate of drug-likeness (QED) is 0.278. The number of nitrogens with two attached hydrogens (primary N) is 1. The molecule has 2 aromatic rings. The van der Waals surface area contributed by atoms with Gasteiger partial charge in [0.25, 0.3) is 0 Å². The average Bonchev–Trinajstić information content (AvgIpc) is 3.17. The van der Waals surface area contributed by atoms with E-state index in [1.165, 1.54) is 5.69 Å². The maximum Gasteiger partial charge on any atom is 0.188 e. The summed E-state index contributed by atoms with van der Waals surface area (Å²) in [4.78, 5) is 11.6. The van der Waals surface area contributed by atoms with E-state index in [4.69, 9.17) is 15.2 Å². The zero-order valence-electron chi connectivity index (χ0n) is 18.6. The Morgan fingerprint density at radius 3 is 2.65 bits per heavy atom. The summed E-state index contributed by atoms with van der Waals surface area (Å²) in [5, 5.41) is 6.53. The number of hydrogen-bond acceptors (Lipinski definition) is 6. The molecule has 0 unspecified atom stereocenters. The Labute approximate surface area is 206 Å². The number of nitrogens with zero attached hydrogens (tertiary/aromatic N) is 3. The first-order chi connectivity index (χ1) is 14.6. The normalized spacial score (nSPS) is 15.4. The molecule has 1 aromatic heterocycles. The van der Waals surface area contributed by atoms with Gasteiger partial charge in [-0.3, -0.25) is 9.89 Å². The van der Waals surface area contributed by atoms with Crippen molar-refractivity contribution in [3.05, 3.63) is 39.8 Å². The second-order valence-corrected chi connectivity index (χ2v) is 8.73. The van der Waals surface area contributed by atoms with Crippen LogP contribution in [-0.2, 0) is 13.0 Å². The van der Waals surface area contributed by atoms with Crippen LogP contribution in [0.1, 0.15) is 29.1 Å². The number of methoxy groups -OCH3 is 2. The lowest BCUT2D eigenvalue weighted by Crippen LogP contribution is -2.36. The third kappa shape index (κ3) is 8.12. The van der Waals surface area contributed by atoms with Gasteiger partial charge in [-0.1, -0.05) is 6.07 Å². The molecule has 1 aliphatic rings. The molecule has 3 N–H and O–H groups in total. The summed E-state index contributed by atoms with van der Waals surface area (Å²) in [5.41, 5.74) is 8.42. The molecule has 1 saturated heterocycles. The summed E-state index contributed by atoms with van der Waals surface area (Å²) in [5.74, 6) is 2.61. The highest BCUT2D eigenvalue weighted by Gasteiger charge is 2.19. The molecule has 0 radical (unpaired) electrons. The van der Waals surface area contributed by atoms with E-state index in [-0.39, 0.29) is 24.0 Å². The first kappa shape index (κ1) is 25.7. The standard InChI is InChI=1S/C22H33N5O2S.HI/c1-16-26-19(15-30-16)14-27-10-7-18(8-11-27)13-25-22(23)24-9-6-17-4-5-20(28-2)21(12-17)29-3;/h4-5,12,15,18H,6-11,13-14H2,1-3H3,(H3,23,24,25);1H. The fourth-order valence-electron chi connectivity index (χ4n) is 3.69. The van der Waals surface area contributed by atoms with Crippen LogP contribution in [0, 0.1) is 12.8 Å². The SMILES string of the molecule is COc1ccc(CCNC(N)=NCC2CCN(Cc3csc(C)n3)CC2)cc1OC.I. The molecule has 0 bridgehead atoms. The monoisotopic (exact) mass is 559 g/mol. The van der Waals surface area contributed by atoms with Crippen LogP contribution in [0.2, 0.25) is 0 Å². The van der Waals surface area contributed by atoms with Crippen LogP contribution in [0.15, 0.2) is 28.6 Å². The van der Waals surface area contributed by atoms with Gasteiger partial charge in [0.15, 0.2) is 17.5 Å². The maximum absolute atomic E-state index is 6.07. The Kier molecular flexibility index (Phi) is 10.8. The third-order valence-electron chi connectivity index (χ3n) is 5.45. The number of guanidine groups is 1. The summed E-state index contributed by atoms with van der Waals surface area (Å²) in [6.45, 7) is 6.74. The van der Waals surface area contributed by atoms with Crippen LogP contribution in [0.25, 0.3) is 0 Å². The number of likely N-dealkylation sites (tertiary alicyclic amines) is 1. The number of halogens is 1. The fourth-order valence-corrected chi connectivity index (χ4v) is 4.30. The number of benzene rings is 1. The summed E-state index contributed by atoms with van der Waals surface area (Å²) in [7, 11) is 3.29. The molecule has 9 heteroatoms. The number of piperidine rings is 1. The fraction of sp³-hybridized carbons (Fsp3) is 0.545. The van der Waals surface area contributed by atoms with E-state index < -0.39 is 0 Å². The lowest BCUT2D eigenvalue weighted by molar-refractivity contribution is 0.179. The zero-order chi connectivity index (χ0) is 21.3. The van der Waals surface area contributed by atoms with Crippen LogP contribution in [0.4, 0.5) is 0 Å². The highest BCUT2D eigenvalue weighted by molar-refractivity contribution is 14.0. The largest absolute Gasteiger partial charge is 0.493 e. The Morgan fingerprint density at radius 2 is 2.00 bits per heavy atom. The molecular weight excluding hydrogens is 525 g/mol. The minimum absolute atomic E-state index is 0. The van der Waals surface area contributed by atoms with Crippen molar-refractivity contribution >= 4 is 41.3 Å². The van der Waals surface area contributed by atoms with E-state index >= 15 is 0 Å². The van der Waals surface area contributed by atoms with Gasteiger partial charge in [0.05, 0.1) is 24.9 Å². The summed E-state index contributed by atoms with van der Waals surface area (Å²) < 4.78 is 10.6. The second kappa shape index (κ2) is 13.1. The molecule has 0 amide bonds. The van der Waals surface area contributed by atoms with Crippen LogP contribution in [-0.4, -0.2) is 56.2 Å². The number of nitrogens with one attached hydrogen (secondary N) is 1. The summed E-state index contributed by atoms with van der Waals surface area (Å²) >= 11 is 1.72. The molecule has 0 atom stereocenters. The van der Waals surface area contributed by atoms with Crippen LogP contribution < -0.4 is 20.5 Å². The number of ether oxygens (including phenoxy) is 2. The molecule has 1 fully saturated rings. The van der Waals surface area contributed by atoms with Gasteiger partial charge in [-0.25, -0.2) is 4.98 Å². The van der Waals surface area contributed by atoms with Gasteiger partial charge in [-0.05, 0) is 62.9 Å². The molecule has 1 aliphatic heterocycles. The van der Waals surface area contributed by atoms with Gasteiger partial charge < -0.3 is 20.5 Å².